The van der Waals surface area contributed by atoms with Gasteiger partial charge in [-0.2, -0.15) is 11.8 Å². The number of hydrogen-bond acceptors (Lipinski definition) is 5. The average Bonchev–Trinajstić information content (AvgIpc) is 3.35. The SMILES string of the molecule is CCNC(=NCC1(N2CCOCC2)CCSC1)NCC1(Sc2ccccc2)CC1.I. The van der Waals surface area contributed by atoms with Crippen molar-refractivity contribution >= 4 is 53.5 Å². The Bertz CT molecular complexity index is 675. The minimum absolute atomic E-state index is 0. The Kier molecular flexibility index (Phi) is 9.49. The molecule has 2 N–H and O–H groups in total. The summed E-state index contributed by atoms with van der Waals surface area (Å²) in [6, 6.07) is 10.8. The van der Waals surface area contributed by atoms with Crippen LogP contribution in [0.3, 0.4) is 0 Å². The number of aliphatic imine (C=N–C) groups is 1. The number of nitrogens with one attached hydrogen (secondary N) is 2. The third-order valence-electron chi connectivity index (χ3n) is 6.10. The normalized spacial score (nSPS) is 26.1. The smallest absolute Gasteiger partial charge is 0.191 e. The van der Waals surface area contributed by atoms with Crippen molar-refractivity contribution in [1.29, 1.82) is 0 Å². The summed E-state index contributed by atoms with van der Waals surface area (Å²) in [4.78, 5) is 9.07. The second-order valence-electron chi connectivity index (χ2n) is 8.27. The van der Waals surface area contributed by atoms with Gasteiger partial charge in [0, 0.05) is 41.6 Å². The first-order valence-electron chi connectivity index (χ1n) is 10.9. The third kappa shape index (κ3) is 6.43. The summed E-state index contributed by atoms with van der Waals surface area (Å²) in [5.41, 5.74) is 0.201. The fourth-order valence-electron chi connectivity index (χ4n) is 4.11. The molecule has 0 aromatic heterocycles. The molecule has 3 aliphatic rings. The molecule has 1 aliphatic carbocycles. The number of guanidine groups is 1. The second-order valence-corrected chi connectivity index (χ2v) is 10.9. The van der Waals surface area contributed by atoms with Gasteiger partial charge < -0.3 is 15.4 Å². The third-order valence-corrected chi connectivity index (χ3v) is 8.83. The van der Waals surface area contributed by atoms with Gasteiger partial charge in [0.2, 0.25) is 0 Å². The zero-order valence-corrected chi connectivity index (χ0v) is 21.9. The van der Waals surface area contributed by atoms with Gasteiger partial charge in [-0.3, -0.25) is 9.89 Å². The highest BCUT2D eigenvalue weighted by molar-refractivity contribution is 14.0. The molecular weight excluding hydrogens is 527 g/mol. The molecule has 1 aromatic rings. The molecule has 0 amide bonds. The lowest BCUT2D eigenvalue weighted by molar-refractivity contribution is -0.0104. The number of thioether (sulfide) groups is 2. The number of hydrogen-bond donors (Lipinski definition) is 2. The van der Waals surface area contributed by atoms with Crippen LogP contribution >= 0.6 is 47.5 Å². The van der Waals surface area contributed by atoms with Gasteiger partial charge in [-0.05, 0) is 44.1 Å². The van der Waals surface area contributed by atoms with Crippen LogP contribution in [-0.4, -0.2) is 78.6 Å². The van der Waals surface area contributed by atoms with Crippen LogP contribution in [0.5, 0.6) is 0 Å². The molecule has 5 nitrogen and oxygen atoms in total. The minimum Gasteiger partial charge on any atom is -0.379 e. The molecule has 1 aromatic carbocycles. The lowest BCUT2D eigenvalue weighted by Gasteiger charge is -2.42. The summed E-state index contributed by atoms with van der Waals surface area (Å²) in [6.45, 7) is 8.66. The van der Waals surface area contributed by atoms with Crippen LogP contribution in [0.15, 0.2) is 40.2 Å². The highest BCUT2D eigenvalue weighted by Crippen LogP contribution is 2.51. The van der Waals surface area contributed by atoms with Gasteiger partial charge in [-0.15, -0.1) is 35.7 Å². The molecule has 2 heterocycles. The van der Waals surface area contributed by atoms with Crippen LogP contribution in [0.2, 0.25) is 0 Å². The molecule has 0 radical (unpaired) electrons. The van der Waals surface area contributed by atoms with Crippen molar-refractivity contribution in [2.45, 2.75) is 41.4 Å². The Balaban J connectivity index is 0.00000256. The fraction of sp³-hybridized carbons (Fsp3) is 0.682. The first kappa shape index (κ1) is 24.5. The van der Waals surface area contributed by atoms with Crippen LogP contribution in [0, 0.1) is 0 Å². The Morgan fingerprint density at radius 3 is 2.57 bits per heavy atom. The van der Waals surface area contributed by atoms with Crippen molar-refractivity contribution in [3.8, 4) is 0 Å². The molecule has 2 saturated heterocycles. The van der Waals surface area contributed by atoms with Gasteiger partial charge in [0.1, 0.15) is 0 Å². The maximum atomic E-state index is 5.59. The van der Waals surface area contributed by atoms with Crippen LogP contribution in [-0.2, 0) is 4.74 Å². The first-order chi connectivity index (χ1) is 14.2. The van der Waals surface area contributed by atoms with E-state index in [9.17, 15) is 0 Å². The number of morpholine rings is 1. The van der Waals surface area contributed by atoms with E-state index in [4.69, 9.17) is 9.73 Å². The number of rotatable bonds is 8. The lowest BCUT2D eigenvalue weighted by Crippen LogP contribution is -2.56. The molecule has 1 unspecified atom stereocenters. The monoisotopic (exact) mass is 562 g/mol. The molecule has 3 fully saturated rings. The number of benzene rings is 1. The second kappa shape index (κ2) is 11.6. The summed E-state index contributed by atoms with van der Waals surface area (Å²) < 4.78 is 5.91. The average molecular weight is 563 g/mol. The molecule has 0 bridgehead atoms. The van der Waals surface area contributed by atoms with Gasteiger partial charge >= 0.3 is 0 Å². The maximum absolute atomic E-state index is 5.59. The van der Waals surface area contributed by atoms with Gasteiger partial charge in [0.25, 0.3) is 0 Å². The maximum Gasteiger partial charge on any atom is 0.191 e. The van der Waals surface area contributed by atoms with Crippen LogP contribution in [0.1, 0.15) is 26.2 Å². The topological polar surface area (TPSA) is 48.9 Å². The van der Waals surface area contributed by atoms with E-state index >= 15 is 0 Å². The molecule has 1 saturated carbocycles. The van der Waals surface area contributed by atoms with E-state index in [2.05, 4.69) is 64.6 Å². The van der Waals surface area contributed by atoms with Crippen molar-refractivity contribution in [2.75, 3.05) is 57.4 Å². The van der Waals surface area contributed by atoms with E-state index in [0.29, 0.717) is 4.75 Å². The highest BCUT2D eigenvalue weighted by atomic mass is 127. The van der Waals surface area contributed by atoms with E-state index in [-0.39, 0.29) is 29.5 Å². The number of nitrogens with zero attached hydrogens (tertiary/aromatic N) is 2. The molecular formula is C22H35IN4OS2. The lowest BCUT2D eigenvalue weighted by atomic mass is 9.96. The van der Waals surface area contributed by atoms with Gasteiger partial charge in [0.05, 0.1) is 25.3 Å². The van der Waals surface area contributed by atoms with Crippen molar-refractivity contribution < 1.29 is 4.74 Å². The van der Waals surface area contributed by atoms with Crippen molar-refractivity contribution in [3.63, 3.8) is 0 Å². The Morgan fingerprint density at radius 2 is 1.93 bits per heavy atom. The zero-order chi connectivity index (χ0) is 20.0. The van der Waals surface area contributed by atoms with Crippen LogP contribution in [0.25, 0.3) is 0 Å². The van der Waals surface area contributed by atoms with Crippen LogP contribution in [0.4, 0.5) is 0 Å². The van der Waals surface area contributed by atoms with Crippen molar-refractivity contribution in [1.82, 2.24) is 15.5 Å². The standard InChI is InChI=1S/C22H34N4OS2.HI/c1-2-23-20(25-17-22(8-9-22)29-19-6-4-3-5-7-19)24-16-21(10-15-28-18-21)26-11-13-27-14-12-26;/h3-7H,2,8-18H2,1H3,(H2,23,24,25);1H. The van der Waals surface area contributed by atoms with Gasteiger partial charge in [0.15, 0.2) is 5.96 Å². The highest BCUT2D eigenvalue weighted by Gasteiger charge is 2.44. The Morgan fingerprint density at radius 1 is 1.17 bits per heavy atom. The van der Waals surface area contributed by atoms with E-state index in [1.165, 1.54) is 35.7 Å². The molecule has 30 heavy (non-hydrogen) atoms. The molecule has 4 rings (SSSR count). The molecule has 168 valence electrons. The Hall–Kier alpha value is -0.160. The van der Waals surface area contributed by atoms with E-state index < -0.39 is 0 Å². The summed E-state index contributed by atoms with van der Waals surface area (Å²) in [5, 5.41) is 7.13. The summed E-state index contributed by atoms with van der Waals surface area (Å²) >= 11 is 4.08. The Labute approximate surface area is 207 Å². The van der Waals surface area contributed by atoms with E-state index in [0.717, 1.165) is 51.9 Å². The predicted molar refractivity (Wildman–Crippen MR) is 141 cm³/mol. The van der Waals surface area contributed by atoms with Gasteiger partial charge in [-0.25, -0.2) is 0 Å². The largest absolute Gasteiger partial charge is 0.379 e. The molecule has 2 aliphatic heterocycles. The number of halogens is 1. The van der Waals surface area contributed by atoms with Crippen molar-refractivity contribution in [2.24, 2.45) is 4.99 Å². The van der Waals surface area contributed by atoms with E-state index in [1.54, 1.807) is 0 Å². The van der Waals surface area contributed by atoms with Crippen LogP contribution < -0.4 is 10.6 Å². The van der Waals surface area contributed by atoms with E-state index in [1.807, 2.05) is 11.8 Å². The zero-order valence-electron chi connectivity index (χ0n) is 17.9. The minimum atomic E-state index is 0. The summed E-state index contributed by atoms with van der Waals surface area (Å²) in [6.07, 6.45) is 3.77. The van der Waals surface area contributed by atoms with Gasteiger partial charge in [-0.1, -0.05) is 18.2 Å². The first-order valence-corrected chi connectivity index (χ1v) is 12.9. The predicted octanol–water partition coefficient (Wildman–Crippen LogP) is 3.69. The van der Waals surface area contributed by atoms with Crippen molar-refractivity contribution in [3.05, 3.63) is 30.3 Å². The quantitative estimate of drug-likeness (QED) is 0.287. The summed E-state index contributed by atoms with van der Waals surface area (Å²) in [5.74, 6) is 3.40. The fourth-order valence-corrected chi connectivity index (χ4v) is 6.82. The molecule has 8 heteroatoms. The number of ether oxygens (including phenoxy) is 1. The summed E-state index contributed by atoms with van der Waals surface area (Å²) in [7, 11) is 0. The molecule has 0 spiro atoms. The molecule has 1 atom stereocenters.